The quantitative estimate of drug-likeness (QED) is 0.909. The van der Waals surface area contributed by atoms with Crippen LogP contribution in [0.1, 0.15) is 5.56 Å². The van der Waals surface area contributed by atoms with E-state index in [1.165, 1.54) is 35.2 Å². The molecule has 2 aromatic carbocycles. The van der Waals surface area contributed by atoms with Crippen molar-refractivity contribution in [3.05, 3.63) is 64.7 Å². The number of hydrogen-bond acceptors (Lipinski definition) is 2. The number of carbonyl (C=O) groups excluding carboxylic acids is 1. The number of halogens is 3. The summed E-state index contributed by atoms with van der Waals surface area (Å²) in [6.45, 7) is 0.435. The number of benzene rings is 2. The molecular formula is C16H15ClF2N2O. The van der Waals surface area contributed by atoms with E-state index in [1.54, 1.807) is 19.2 Å². The summed E-state index contributed by atoms with van der Waals surface area (Å²) in [5, 5.41) is 2.88. The smallest absolute Gasteiger partial charge is 0.241 e. The highest BCUT2D eigenvalue weighted by molar-refractivity contribution is 6.31. The third-order valence-electron chi connectivity index (χ3n) is 3.12. The maximum absolute atomic E-state index is 13.0. The second-order valence-electron chi connectivity index (χ2n) is 4.86. The molecular weight excluding hydrogens is 310 g/mol. The van der Waals surface area contributed by atoms with Crippen molar-refractivity contribution in [2.75, 3.05) is 18.9 Å². The summed E-state index contributed by atoms with van der Waals surface area (Å²) in [6.07, 6.45) is 0. The Kier molecular flexibility index (Phi) is 5.33. The van der Waals surface area contributed by atoms with Gasteiger partial charge < -0.3 is 10.2 Å². The molecule has 0 radical (unpaired) electrons. The third kappa shape index (κ3) is 4.43. The van der Waals surface area contributed by atoms with Gasteiger partial charge in [-0.25, -0.2) is 8.78 Å². The highest BCUT2D eigenvalue weighted by atomic mass is 35.5. The van der Waals surface area contributed by atoms with Crippen LogP contribution >= 0.6 is 11.6 Å². The predicted molar refractivity (Wildman–Crippen MR) is 82.8 cm³/mol. The van der Waals surface area contributed by atoms with E-state index in [1.807, 2.05) is 0 Å². The van der Waals surface area contributed by atoms with Gasteiger partial charge in [0.05, 0.1) is 11.6 Å². The van der Waals surface area contributed by atoms with E-state index in [0.29, 0.717) is 12.2 Å². The van der Waals surface area contributed by atoms with Crippen LogP contribution in [0.15, 0.2) is 42.5 Å². The van der Waals surface area contributed by atoms with Gasteiger partial charge in [-0.05, 0) is 35.9 Å². The highest BCUT2D eigenvalue weighted by Crippen LogP contribution is 2.19. The molecule has 0 saturated carbocycles. The highest BCUT2D eigenvalue weighted by Gasteiger charge is 2.10. The van der Waals surface area contributed by atoms with Crippen LogP contribution in [-0.2, 0) is 11.3 Å². The van der Waals surface area contributed by atoms with Crippen LogP contribution < -0.4 is 5.32 Å². The normalized spacial score (nSPS) is 10.4. The molecule has 0 aromatic heterocycles. The zero-order chi connectivity index (χ0) is 16.1. The van der Waals surface area contributed by atoms with Crippen molar-refractivity contribution in [3.8, 4) is 0 Å². The first kappa shape index (κ1) is 16.2. The molecule has 0 heterocycles. The van der Waals surface area contributed by atoms with E-state index in [2.05, 4.69) is 5.32 Å². The Morgan fingerprint density at radius 1 is 1.18 bits per heavy atom. The van der Waals surface area contributed by atoms with Crippen LogP contribution in [0.5, 0.6) is 0 Å². The largest absolute Gasteiger partial charge is 0.376 e. The molecule has 6 heteroatoms. The second-order valence-corrected chi connectivity index (χ2v) is 5.27. The van der Waals surface area contributed by atoms with E-state index < -0.39 is 5.82 Å². The molecule has 0 aliphatic carbocycles. The number of carbonyl (C=O) groups is 1. The molecule has 1 amide bonds. The van der Waals surface area contributed by atoms with E-state index in [-0.39, 0.29) is 23.3 Å². The average molecular weight is 325 g/mol. The average Bonchev–Trinajstić information content (AvgIpc) is 2.50. The molecule has 0 fully saturated rings. The molecule has 116 valence electrons. The molecule has 0 bridgehead atoms. The second kappa shape index (κ2) is 7.22. The molecule has 0 spiro atoms. The molecule has 1 N–H and O–H groups in total. The van der Waals surface area contributed by atoms with E-state index in [9.17, 15) is 13.6 Å². The maximum Gasteiger partial charge on any atom is 0.241 e. The van der Waals surface area contributed by atoms with Crippen molar-refractivity contribution in [1.82, 2.24) is 4.90 Å². The number of anilines is 1. The van der Waals surface area contributed by atoms with Gasteiger partial charge in [0, 0.05) is 19.3 Å². The number of amides is 1. The van der Waals surface area contributed by atoms with E-state index in [0.717, 1.165) is 5.56 Å². The lowest BCUT2D eigenvalue weighted by molar-refractivity contribution is -0.128. The van der Waals surface area contributed by atoms with Gasteiger partial charge >= 0.3 is 0 Å². The van der Waals surface area contributed by atoms with Crippen molar-refractivity contribution in [2.24, 2.45) is 0 Å². The van der Waals surface area contributed by atoms with Gasteiger partial charge in [-0.15, -0.1) is 0 Å². The molecule has 0 unspecified atom stereocenters. The number of nitrogens with one attached hydrogen (secondary N) is 1. The van der Waals surface area contributed by atoms with E-state index in [4.69, 9.17) is 11.6 Å². The minimum atomic E-state index is -0.507. The van der Waals surface area contributed by atoms with E-state index >= 15 is 0 Å². The zero-order valence-corrected chi connectivity index (χ0v) is 12.7. The number of likely N-dealkylation sites (N-methyl/N-ethyl adjacent to an activating group) is 1. The van der Waals surface area contributed by atoms with Crippen LogP contribution in [-0.4, -0.2) is 24.4 Å². The van der Waals surface area contributed by atoms with Gasteiger partial charge in [-0.3, -0.25) is 4.79 Å². The molecule has 0 aliphatic heterocycles. The fraction of sp³-hybridized carbons (Fsp3) is 0.188. The van der Waals surface area contributed by atoms with Crippen LogP contribution in [0.3, 0.4) is 0 Å². The number of rotatable bonds is 5. The summed E-state index contributed by atoms with van der Waals surface area (Å²) >= 11 is 5.67. The fourth-order valence-corrected chi connectivity index (χ4v) is 2.05. The monoisotopic (exact) mass is 324 g/mol. The van der Waals surface area contributed by atoms with Gasteiger partial charge in [0.1, 0.15) is 11.6 Å². The lowest BCUT2D eigenvalue weighted by Gasteiger charge is -2.18. The van der Waals surface area contributed by atoms with Crippen molar-refractivity contribution in [1.29, 1.82) is 0 Å². The van der Waals surface area contributed by atoms with Crippen LogP contribution in [0.2, 0.25) is 5.02 Å². The Balaban J connectivity index is 1.88. The van der Waals surface area contributed by atoms with Crippen molar-refractivity contribution >= 4 is 23.2 Å². The predicted octanol–water partition coefficient (Wildman–Crippen LogP) is 3.69. The molecule has 0 aliphatic rings. The van der Waals surface area contributed by atoms with Gasteiger partial charge in [-0.2, -0.15) is 0 Å². The molecule has 0 atom stereocenters. The Hall–Kier alpha value is -2.14. The Labute approximate surface area is 132 Å². The Morgan fingerprint density at radius 3 is 2.50 bits per heavy atom. The van der Waals surface area contributed by atoms with Gasteiger partial charge in [0.25, 0.3) is 0 Å². The first-order valence-electron chi connectivity index (χ1n) is 6.63. The van der Waals surface area contributed by atoms with Gasteiger partial charge in [-0.1, -0.05) is 23.7 Å². The summed E-state index contributed by atoms with van der Waals surface area (Å²) in [7, 11) is 1.66. The lowest BCUT2D eigenvalue weighted by Crippen LogP contribution is -2.31. The molecule has 2 aromatic rings. The summed E-state index contributed by atoms with van der Waals surface area (Å²) in [5.41, 5.74) is 1.40. The van der Waals surface area contributed by atoms with Crippen molar-refractivity contribution in [2.45, 2.75) is 6.54 Å². The van der Waals surface area contributed by atoms with Crippen molar-refractivity contribution < 1.29 is 13.6 Å². The SMILES string of the molecule is CN(Cc1ccc(F)cc1)C(=O)CNc1ccc(F)c(Cl)c1. The lowest BCUT2D eigenvalue weighted by atomic mass is 10.2. The molecule has 22 heavy (non-hydrogen) atoms. The minimum Gasteiger partial charge on any atom is -0.376 e. The number of hydrogen-bond donors (Lipinski definition) is 1. The number of nitrogens with zero attached hydrogens (tertiary/aromatic N) is 1. The summed E-state index contributed by atoms with van der Waals surface area (Å²) in [5.74, 6) is -0.968. The first-order valence-corrected chi connectivity index (χ1v) is 7.01. The van der Waals surface area contributed by atoms with Crippen LogP contribution in [0.25, 0.3) is 0 Å². The molecule has 3 nitrogen and oxygen atoms in total. The summed E-state index contributed by atoms with van der Waals surface area (Å²) in [6, 6.07) is 10.1. The summed E-state index contributed by atoms with van der Waals surface area (Å²) < 4.78 is 25.9. The first-order chi connectivity index (χ1) is 10.5. The van der Waals surface area contributed by atoms with Gasteiger partial charge in [0.15, 0.2) is 0 Å². The van der Waals surface area contributed by atoms with Crippen molar-refractivity contribution in [3.63, 3.8) is 0 Å². The van der Waals surface area contributed by atoms with Gasteiger partial charge in [0.2, 0.25) is 5.91 Å². The molecule has 2 rings (SSSR count). The zero-order valence-electron chi connectivity index (χ0n) is 11.9. The minimum absolute atomic E-state index is 0.00267. The fourth-order valence-electron chi connectivity index (χ4n) is 1.87. The Morgan fingerprint density at radius 2 is 1.86 bits per heavy atom. The Bertz CT molecular complexity index is 662. The van der Waals surface area contributed by atoms with Crippen LogP contribution in [0, 0.1) is 11.6 Å². The maximum atomic E-state index is 13.0. The topological polar surface area (TPSA) is 32.3 Å². The molecule has 0 saturated heterocycles. The van der Waals surface area contributed by atoms with Crippen LogP contribution in [0.4, 0.5) is 14.5 Å². The third-order valence-corrected chi connectivity index (χ3v) is 3.41. The summed E-state index contributed by atoms with van der Waals surface area (Å²) in [4.78, 5) is 13.5. The standard InChI is InChI=1S/C16H15ClF2N2O/c1-21(10-11-2-4-12(18)5-3-11)16(22)9-20-13-6-7-15(19)14(17)8-13/h2-8,20H,9-10H2,1H3.